The molecule has 0 fully saturated rings. The van der Waals surface area contributed by atoms with Crippen LogP contribution in [0.2, 0.25) is 0 Å². The molecule has 2 aromatic rings. The molecule has 0 N–H and O–H groups in total. The van der Waals surface area contributed by atoms with Crippen molar-refractivity contribution in [3.63, 3.8) is 0 Å². The van der Waals surface area contributed by atoms with Gasteiger partial charge in [-0.15, -0.1) is 0 Å². The van der Waals surface area contributed by atoms with E-state index in [-0.39, 0.29) is 35.8 Å². The van der Waals surface area contributed by atoms with Crippen molar-refractivity contribution in [3.8, 4) is 11.3 Å². The summed E-state index contributed by atoms with van der Waals surface area (Å²) in [5, 5.41) is 0. The Morgan fingerprint density at radius 3 is 2.69 bits per heavy atom. The average molecular weight is 174 g/mol. The lowest BCUT2D eigenvalue weighted by Crippen LogP contribution is -1.85. The first kappa shape index (κ1) is 4.05. The van der Waals surface area contributed by atoms with Crippen molar-refractivity contribution in [2.75, 3.05) is 0 Å². The van der Waals surface area contributed by atoms with Crippen molar-refractivity contribution in [1.82, 2.24) is 4.98 Å². The normalized spacial score (nSPS) is 15.3. The van der Waals surface area contributed by atoms with Gasteiger partial charge in [-0.2, -0.15) is 0 Å². The molecule has 0 bridgehead atoms. The smallest absolute Gasteiger partial charge is 0.0731 e. The molecule has 1 aromatic heterocycles. The molecule has 0 spiro atoms. The first-order valence-corrected chi connectivity index (χ1v) is 3.94. The number of rotatable bonds is 1. The van der Waals surface area contributed by atoms with E-state index in [1.807, 2.05) is 0 Å². The van der Waals surface area contributed by atoms with Gasteiger partial charge in [-0.1, -0.05) is 36.3 Å². The quantitative estimate of drug-likeness (QED) is 0.647. The molecule has 13 heavy (non-hydrogen) atoms. The molecule has 0 aliphatic carbocycles. The molecule has 64 valence electrons. The lowest BCUT2D eigenvalue weighted by atomic mass is 10.1. The summed E-state index contributed by atoms with van der Waals surface area (Å²) in [6.07, 6.45) is 1.54. The van der Waals surface area contributed by atoms with Gasteiger partial charge in [0.2, 0.25) is 0 Å². The first-order valence-electron chi connectivity index (χ1n) is 6.44. The number of aryl methyl sites for hydroxylation is 1. The van der Waals surface area contributed by atoms with E-state index in [4.69, 9.17) is 6.85 Å². The van der Waals surface area contributed by atoms with Crippen LogP contribution in [0.3, 0.4) is 0 Å². The lowest BCUT2D eigenvalue weighted by Gasteiger charge is -2.02. The molecular weight excluding hydrogens is 158 g/mol. The second kappa shape index (κ2) is 3.40. The number of hydrogen-bond acceptors (Lipinski definition) is 1. The fourth-order valence-electron chi connectivity index (χ4n) is 1.12. The molecule has 0 atom stereocenters. The fraction of sp³-hybridized carbons (Fsp3) is 0.0833. The minimum atomic E-state index is -0.387. The Kier molecular flexibility index (Phi) is 1.06. The molecule has 0 radical (unpaired) electrons. The van der Waals surface area contributed by atoms with Gasteiger partial charge in [0, 0.05) is 11.8 Å². The molecule has 0 aliphatic rings. The van der Waals surface area contributed by atoms with Crippen LogP contribution in [-0.4, -0.2) is 4.98 Å². The van der Waals surface area contributed by atoms with Crippen LogP contribution in [0.25, 0.3) is 11.3 Å². The van der Waals surface area contributed by atoms with Gasteiger partial charge in [0.15, 0.2) is 0 Å². The van der Waals surface area contributed by atoms with Gasteiger partial charge in [0.1, 0.15) is 0 Å². The Morgan fingerprint density at radius 1 is 1.23 bits per heavy atom. The molecular formula is C12H11N. The Balaban J connectivity index is 2.85. The third-order valence-electron chi connectivity index (χ3n) is 1.75. The van der Waals surface area contributed by atoms with E-state index in [2.05, 4.69) is 4.98 Å². The van der Waals surface area contributed by atoms with Crippen molar-refractivity contribution in [2.24, 2.45) is 0 Å². The summed E-state index contributed by atoms with van der Waals surface area (Å²) in [4.78, 5) is 4.11. The van der Waals surface area contributed by atoms with Crippen molar-refractivity contribution < 1.29 is 6.85 Å². The molecule has 0 saturated heterocycles. The largest absolute Gasteiger partial charge is 0.256 e. The highest BCUT2D eigenvalue weighted by molar-refractivity contribution is 5.62. The molecule has 0 unspecified atom stereocenters. The number of pyridine rings is 1. The van der Waals surface area contributed by atoms with Crippen LogP contribution in [-0.2, 0) is 0 Å². The zero-order chi connectivity index (χ0) is 13.4. The summed E-state index contributed by atoms with van der Waals surface area (Å²) < 4.78 is 38.5. The molecule has 2 rings (SSSR count). The van der Waals surface area contributed by atoms with Crippen LogP contribution in [0.15, 0.2) is 48.5 Å². The van der Waals surface area contributed by atoms with Gasteiger partial charge in [0.25, 0.3) is 0 Å². The predicted molar refractivity (Wildman–Crippen MR) is 54.4 cm³/mol. The number of hydrogen-bond donors (Lipinski definition) is 0. The van der Waals surface area contributed by atoms with E-state index in [0.717, 1.165) is 5.56 Å². The van der Waals surface area contributed by atoms with Crippen LogP contribution in [0.4, 0.5) is 0 Å². The van der Waals surface area contributed by atoms with E-state index in [0.29, 0.717) is 5.69 Å². The number of benzene rings is 1. The number of aromatic nitrogens is 1. The minimum Gasteiger partial charge on any atom is -0.256 e. The molecule has 1 heterocycles. The molecule has 1 aromatic carbocycles. The summed E-state index contributed by atoms with van der Waals surface area (Å²) in [6.45, 7) is 1.79. The molecule has 0 amide bonds. The average Bonchev–Trinajstić information content (AvgIpc) is 2.36. The summed E-state index contributed by atoms with van der Waals surface area (Å²) in [5.41, 5.74) is 1.35. The van der Waals surface area contributed by atoms with Crippen LogP contribution in [0, 0.1) is 6.92 Å². The van der Waals surface area contributed by atoms with Gasteiger partial charge in [-0.3, -0.25) is 4.98 Å². The summed E-state index contributed by atoms with van der Waals surface area (Å²) in [7, 11) is 0. The highest BCUT2D eigenvalue weighted by Crippen LogP contribution is 2.19. The lowest BCUT2D eigenvalue weighted by molar-refractivity contribution is 1.27. The van der Waals surface area contributed by atoms with Crippen LogP contribution >= 0.6 is 0 Å². The van der Waals surface area contributed by atoms with Crippen molar-refractivity contribution in [3.05, 3.63) is 54.1 Å². The fourth-order valence-corrected chi connectivity index (χ4v) is 1.12. The summed E-state index contributed by atoms with van der Waals surface area (Å²) in [5.74, 6) is 0. The molecule has 1 nitrogen and oxygen atoms in total. The predicted octanol–water partition coefficient (Wildman–Crippen LogP) is 3.06. The van der Waals surface area contributed by atoms with Crippen molar-refractivity contribution in [1.29, 1.82) is 0 Å². The third-order valence-corrected chi connectivity index (χ3v) is 1.75. The number of nitrogens with zero attached hydrogens (tertiary/aromatic N) is 1. The van der Waals surface area contributed by atoms with Gasteiger partial charge in [-0.05, 0) is 18.6 Å². The molecule has 1 heteroatoms. The second-order valence-corrected chi connectivity index (χ2v) is 2.67. The Morgan fingerprint density at radius 2 is 2.00 bits per heavy atom. The second-order valence-electron chi connectivity index (χ2n) is 2.67. The monoisotopic (exact) mass is 174 g/mol. The van der Waals surface area contributed by atoms with E-state index < -0.39 is 0 Å². The van der Waals surface area contributed by atoms with Gasteiger partial charge in [-0.25, -0.2) is 0 Å². The van der Waals surface area contributed by atoms with E-state index in [9.17, 15) is 0 Å². The third kappa shape index (κ3) is 1.59. The zero-order valence-electron chi connectivity index (χ0n) is 12.2. The topological polar surface area (TPSA) is 12.9 Å². The summed E-state index contributed by atoms with van der Waals surface area (Å²) >= 11 is 0. The van der Waals surface area contributed by atoms with Crippen LogP contribution in [0.1, 0.15) is 12.4 Å². The first-order chi connectivity index (χ1) is 8.45. The highest BCUT2D eigenvalue weighted by atomic mass is 14.7. The van der Waals surface area contributed by atoms with Gasteiger partial charge in [0.05, 0.1) is 12.5 Å². The van der Waals surface area contributed by atoms with E-state index in [1.54, 1.807) is 25.3 Å². The SMILES string of the molecule is [2H]c1c([2H])c([2H])c(-c2ncccc2C)c([2H])c1[2H]. The summed E-state index contributed by atoms with van der Waals surface area (Å²) in [6, 6.07) is 2.04. The standard InChI is InChI=1S/C12H11N/c1-10-6-5-9-13-12(10)11-7-3-2-4-8-11/h2-9H,1H3/i2D,3D,4D,7D,8D. The molecule has 0 saturated carbocycles. The maximum Gasteiger partial charge on any atom is 0.0731 e. The van der Waals surface area contributed by atoms with Gasteiger partial charge < -0.3 is 0 Å². The minimum absolute atomic E-state index is 0.152. The van der Waals surface area contributed by atoms with Gasteiger partial charge >= 0.3 is 0 Å². The maximum atomic E-state index is 7.86. The molecule has 0 aliphatic heterocycles. The zero-order valence-corrected chi connectivity index (χ0v) is 7.18. The Bertz CT molecular complexity index is 595. The Labute approximate surface area is 85.1 Å². The van der Waals surface area contributed by atoms with E-state index in [1.165, 1.54) is 0 Å². The van der Waals surface area contributed by atoms with E-state index >= 15 is 0 Å². The van der Waals surface area contributed by atoms with Crippen molar-refractivity contribution in [2.45, 2.75) is 6.92 Å². The van der Waals surface area contributed by atoms with Crippen LogP contribution in [0.5, 0.6) is 0 Å². The van der Waals surface area contributed by atoms with Crippen LogP contribution < -0.4 is 0 Å². The van der Waals surface area contributed by atoms with Crippen molar-refractivity contribution >= 4 is 0 Å². The Hall–Kier alpha value is -1.63. The maximum absolute atomic E-state index is 7.86. The highest BCUT2D eigenvalue weighted by Gasteiger charge is 1.99.